The van der Waals surface area contributed by atoms with Gasteiger partial charge in [-0.1, -0.05) is 49.7 Å². The molecule has 3 aromatic rings. The van der Waals surface area contributed by atoms with Crippen LogP contribution in [-0.4, -0.2) is 30.3 Å². The average Bonchev–Trinajstić information content (AvgIpc) is 3.07. The summed E-state index contributed by atoms with van der Waals surface area (Å²) in [6.45, 7) is 4.44. The lowest BCUT2D eigenvalue weighted by molar-refractivity contribution is -0.129. The van der Waals surface area contributed by atoms with E-state index in [1.54, 1.807) is 18.0 Å². The van der Waals surface area contributed by atoms with Crippen molar-refractivity contribution in [2.24, 2.45) is 0 Å². The molecule has 0 saturated carbocycles. The number of nitrogens with one attached hydrogen (secondary N) is 1. The number of carbonyl (C=O) groups excluding carboxylic acids is 2. The topological polar surface area (TPSA) is 62.6 Å². The van der Waals surface area contributed by atoms with Gasteiger partial charge in [0.25, 0.3) is 5.91 Å². The Kier molecular flexibility index (Phi) is 6.70. The molecule has 0 aliphatic rings. The maximum absolute atomic E-state index is 12.6. The van der Waals surface area contributed by atoms with Crippen molar-refractivity contribution in [2.75, 3.05) is 13.6 Å². The van der Waals surface area contributed by atoms with Crippen LogP contribution in [0.2, 0.25) is 0 Å². The Morgan fingerprint density at radius 3 is 2.55 bits per heavy atom. The van der Waals surface area contributed by atoms with Gasteiger partial charge in [0.15, 0.2) is 0 Å². The van der Waals surface area contributed by atoms with Gasteiger partial charge in [-0.3, -0.25) is 9.59 Å². The lowest BCUT2D eigenvalue weighted by Crippen LogP contribution is -2.38. The normalized spacial score (nSPS) is 10.9. The molecule has 0 saturated heterocycles. The molecule has 3 rings (SSSR count). The second-order valence-electron chi connectivity index (χ2n) is 7.35. The van der Waals surface area contributed by atoms with Crippen LogP contribution in [0.3, 0.4) is 0 Å². The minimum atomic E-state index is -0.234. The molecule has 0 aliphatic heterocycles. The zero-order chi connectivity index (χ0) is 20.8. The highest BCUT2D eigenvalue weighted by Gasteiger charge is 2.18. The summed E-state index contributed by atoms with van der Waals surface area (Å²) in [4.78, 5) is 26.6. The van der Waals surface area contributed by atoms with Gasteiger partial charge in [0, 0.05) is 36.5 Å². The van der Waals surface area contributed by atoms with Gasteiger partial charge in [-0.05, 0) is 31.0 Å². The quantitative estimate of drug-likeness (QED) is 0.615. The monoisotopic (exact) mass is 392 g/mol. The van der Waals surface area contributed by atoms with E-state index in [9.17, 15) is 9.59 Å². The smallest absolute Gasteiger partial charge is 0.251 e. The summed E-state index contributed by atoms with van der Waals surface area (Å²) in [6.07, 6.45) is 2.97. The Morgan fingerprint density at radius 2 is 1.79 bits per heavy atom. The number of carbonyl (C=O) groups is 2. The van der Waals surface area contributed by atoms with Crippen LogP contribution in [0.15, 0.2) is 52.9 Å². The van der Waals surface area contributed by atoms with Crippen molar-refractivity contribution in [3.63, 3.8) is 0 Å². The molecule has 29 heavy (non-hydrogen) atoms. The van der Waals surface area contributed by atoms with Crippen molar-refractivity contribution in [1.29, 1.82) is 0 Å². The minimum Gasteiger partial charge on any atom is -0.461 e. The molecule has 0 fully saturated rings. The number of fused-ring (bicyclic) bond motifs is 1. The molecule has 1 aromatic heterocycles. The fourth-order valence-electron chi connectivity index (χ4n) is 3.40. The number of para-hydroxylation sites is 1. The number of rotatable bonds is 8. The highest BCUT2D eigenvalue weighted by atomic mass is 16.3. The van der Waals surface area contributed by atoms with Crippen LogP contribution >= 0.6 is 0 Å². The van der Waals surface area contributed by atoms with Crippen molar-refractivity contribution >= 4 is 22.8 Å². The first-order valence-corrected chi connectivity index (χ1v) is 10.1. The Hall–Kier alpha value is -3.08. The summed E-state index contributed by atoms with van der Waals surface area (Å²) in [5, 5.41) is 3.78. The maximum Gasteiger partial charge on any atom is 0.251 e. The summed E-state index contributed by atoms with van der Waals surface area (Å²) < 4.78 is 6.04. The van der Waals surface area contributed by atoms with Gasteiger partial charge in [-0.2, -0.15) is 0 Å². The highest BCUT2D eigenvalue weighted by Crippen LogP contribution is 2.28. The SMILES string of the molecule is CCCCc1oc2ccccc2c1CN(C)C(=O)CNC(=O)c1ccccc1C. The number of hydrogen-bond donors (Lipinski definition) is 1. The number of aryl methyl sites for hydroxylation is 2. The fraction of sp³-hybridized carbons (Fsp3) is 0.333. The molecule has 5 nitrogen and oxygen atoms in total. The Bertz CT molecular complexity index is 1010. The second kappa shape index (κ2) is 9.41. The largest absolute Gasteiger partial charge is 0.461 e. The Balaban J connectivity index is 1.68. The molecule has 1 N–H and O–H groups in total. The van der Waals surface area contributed by atoms with E-state index >= 15 is 0 Å². The first kappa shape index (κ1) is 20.6. The number of furan rings is 1. The molecule has 1 heterocycles. The van der Waals surface area contributed by atoms with Crippen molar-refractivity contribution in [2.45, 2.75) is 39.7 Å². The molecule has 0 radical (unpaired) electrons. The molecule has 152 valence electrons. The second-order valence-corrected chi connectivity index (χ2v) is 7.35. The first-order valence-electron chi connectivity index (χ1n) is 10.1. The molecule has 0 aliphatic carbocycles. The molecule has 0 unspecified atom stereocenters. The summed E-state index contributed by atoms with van der Waals surface area (Å²) in [5.41, 5.74) is 3.37. The van der Waals surface area contributed by atoms with Gasteiger partial charge in [0.05, 0.1) is 6.54 Å². The predicted octanol–water partition coefficient (Wildman–Crippen LogP) is 4.47. The van der Waals surface area contributed by atoms with E-state index in [1.165, 1.54) is 0 Å². The summed E-state index contributed by atoms with van der Waals surface area (Å²) in [7, 11) is 1.76. The summed E-state index contributed by atoms with van der Waals surface area (Å²) >= 11 is 0. The maximum atomic E-state index is 12.6. The van der Waals surface area contributed by atoms with E-state index in [1.807, 2.05) is 49.4 Å². The van der Waals surface area contributed by atoms with Crippen LogP contribution in [0.5, 0.6) is 0 Å². The Labute approximate surface area is 171 Å². The van der Waals surface area contributed by atoms with Gasteiger partial charge < -0.3 is 14.6 Å². The van der Waals surface area contributed by atoms with Crippen molar-refractivity contribution in [3.8, 4) is 0 Å². The van der Waals surface area contributed by atoms with Gasteiger partial charge >= 0.3 is 0 Å². The third-order valence-electron chi connectivity index (χ3n) is 5.15. The number of amides is 2. The number of benzene rings is 2. The third-order valence-corrected chi connectivity index (χ3v) is 5.15. The predicted molar refractivity (Wildman–Crippen MR) is 115 cm³/mol. The molecule has 0 spiro atoms. The van der Waals surface area contributed by atoms with Gasteiger partial charge in [-0.15, -0.1) is 0 Å². The van der Waals surface area contributed by atoms with Crippen molar-refractivity contribution in [1.82, 2.24) is 10.2 Å². The third kappa shape index (κ3) is 4.86. The van der Waals surface area contributed by atoms with Gasteiger partial charge in [-0.25, -0.2) is 0 Å². The van der Waals surface area contributed by atoms with E-state index in [0.717, 1.165) is 47.1 Å². The zero-order valence-corrected chi connectivity index (χ0v) is 17.3. The first-order chi connectivity index (χ1) is 14.0. The zero-order valence-electron chi connectivity index (χ0n) is 17.3. The van der Waals surface area contributed by atoms with Crippen molar-refractivity contribution < 1.29 is 14.0 Å². The van der Waals surface area contributed by atoms with Crippen LogP contribution in [-0.2, 0) is 17.8 Å². The molecule has 5 heteroatoms. The number of unbranched alkanes of at least 4 members (excludes halogenated alkanes) is 1. The molecular weight excluding hydrogens is 364 g/mol. The van der Waals surface area contributed by atoms with Crippen molar-refractivity contribution in [3.05, 3.63) is 71.0 Å². The van der Waals surface area contributed by atoms with Crippen LogP contribution < -0.4 is 5.32 Å². The Morgan fingerprint density at radius 1 is 1.07 bits per heavy atom. The minimum absolute atomic E-state index is 0.0380. The highest BCUT2D eigenvalue weighted by molar-refractivity contribution is 5.97. The number of hydrogen-bond acceptors (Lipinski definition) is 3. The summed E-state index contributed by atoms with van der Waals surface area (Å²) in [6, 6.07) is 15.3. The molecular formula is C24H28N2O3. The molecule has 0 bridgehead atoms. The van der Waals surface area contributed by atoms with E-state index in [0.29, 0.717) is 12.1 Å². The van der Waals surface area contributed by atoms with Gasteiger partial charge in [0.2, 0.25) is 5.91 Å². The lowest BCUT2D eigenvalue weighted by Gasteiger charge is -2.18. The number of nitrogens with zero attached hydrogens (tertiary/aromatic N) is 1. The molecule has 2 amide bonds. The average molecular weight is 392 g/mol. The number of likely N-dealkylation sites (N-methyl/N-ethyl adjacent to an activating group) is 1. The van der Waals surface area contributed by atoms with Crippen LogP contribution in [0.25, 0.3) is 11.0 Å². The van der Waals surface area contributed by atoms with E-state index in [-0.39, 0.29) is 18.4 Å². The standard InChI is InChI=1S/C24H28N2O3/c1-4-5-13-22-20(19-12-8-9-14-21(19)29-22)16-26(3)23(27)15-25-24(28)18-11-7-6-10-17(18)2/h6-12,14H,4-5,13,15-16H2,1-3H3,(H,25,28). The molecule has 2 aromatic carbocycles. The lowest BCUT2D eigenvalue weighted by atomic mass is 10.1. The summed E-state index contributed by atoms with van der Waals surface area (Å²) in [5.74, 6) is 0.567. The molecule has 0 atom stereocenters. The van der Waals surface area contributed by atoms with Crippen LogP contribution in [0.1, 0.15) is 47.0 Å². The van der Waals surface area contributed by atoms with Crippen LogP contribution in [0.4, 0.5) is 0 Å². The van der Waals surface area contributed by atoms with E-state index < -0.39 is 0 Å². The van der Waals surface area contributed by atoms with Crippen LogP contribution in [0, 0.1) is 6.92 Å². The van der Waals surface area contributed by atoms with Gasteiger partial charge in [0.1, 0.15) is 11.3 Å². The fourth-order valence-corrected chi connectivity index (χ4v) is 3.40. The van der Waals surface area contributed by atoms with E-state index in [2.05, 4.69) is 12.2 Å². The van der Waals surface area contributed by atoms with E-state index in [4.69, 9.17) is 4.42 Å².